The average Bonchev–Trinajstić information content (AvgIpc) is 2.71. The molecule has 1 N–H and O–H groups in total. The number of halogens is 1. The molecular weight excluding hydrogens is 312 g/mol. The molecule has 23 heavy (non-hydrogen) atoms. The molecule has 5 heteroatoms. The van der Waals surface area contributed by atoms with E-state index >= 15 is 0 Å². The van der Waals surface area contributed by atoms with E-state index in [1.165, 1.54) is 11.1 Å². The molecule has 0 radical (unpaired) electrons. The lowest BCUT2D eigenvalue weighted by Crippen LogP contribution is -2.36. The van der Waals surface area contributed by atoms with Crippen LogP contribution >= 0.6 is 12.4 Å². The normalized spacial score (nSPS) is 19.2. The van der Waals surface area contributed by atoms with Crippen LogP contribution in [0.2, 0.25) is 0 Å². The quantitative estimate of drug-likeness (QED) is 0.864. The Hall–Kier alpha value is -1.10. The number of carbonyl (C=O) groups is 1. The zero-order valence-corrected chi connectivity index (χ0v) is 15.0. The molecule has 1 aromatic carbocycles. The van der Waals surface area contributed by atoms with Crippen LogP contribution in [0.15, 0.2) is 24.3 Å². The topological polar surface area (TPSA) is 43.8 Å². The summed E-state index contributed by atoms with van der Waals surface area (Å²) in [6, 6.07) is 9.19. The third-order valence-electron chi connectivity index (χ3n) is 4.64. The van der Waals surface area contributed by atoms with E-state index in [1.807, 2.05) is 11.9 Å². The Morgan fingerprint density at radius 1 is 1.26 bits per heavy atom. The molecule has 0 aliphatic carbocycles. The fourth-order valence-electron chi connectivity index (χ4n) is 3.19. The van der Waals surface area contributed by atoms with Crippen molar-refractivity contribution in [3.63, 3.8) is 0 Å². The number of hydrogen-bond donors (Lipinski definition) is 1. The van der Waals surface area contributed by atoms with Crippen molar-refractivity contribution in [2.24, 2.45) is 0 Å². The lowest BCUT2D eigenvalue weighted by atomic mass is 10.1. The van der Waals surface area contributed by atoms with E-state index in [0.29, 0.717) is 6.04 Å². The summed E-state index contributed by atoms with van der Waals surface area (Å²) in [6.07, 6.45) is 4.42. The Labute approximate surface area is 145 Å². The average molecular weight is 341 g/mol. The largest absolute Gasteiger partial charge is 0.480 e. The maximum Gasteiger partial charge on any atom is 0.317 e. The summed E-state index contributed by atoms with van der Waals surface area (Å²) in [5.74, 6) is -0.733. The van der Waals surface area contributed by atoms with E-state index in [4.69, 9.17) is 5.11 Å². The molecule has 0 bridgehead atoms. The molecule has 0 saturated carbocycles. The van der Waals surface area contributed by atoms with Gasteiger partial charge in [-0.05, 0) is 58.3 Å². The van der Waals surface area contributed by atoms with Crippen molar-refractivity contribution in [2.75, 3.05) is 33.2 Å². The number of likely N-dealkylation sites (N-methyl/N-ethyl adjacent to an activating group) is 1. The number of aryl methyl sites for hydroxylation is 1. The predicted octanol–water partition coefficient (Wildman–Crippen LogP) is 2.83. The van der Waals surface area contributed by atoms with Crippen LogP contribution < -0.4 is 0 Å². The molecule has 130 valence electrons. The Morgan fingerprint density at radius 2 is 1.96 bits per heavy atom. The summed E-state index contributed by atoms with van der Waals surface area (Å²) in [5, 5.41) is 8.91. The van der Waals surface area contributed by atoms with E-state index < -0.39 is 5.97 Å². The monoisotopic (exact) mass is 340 g/mol. The van der Waals surface area contributed by atoms with E-state index in [-0.39, 0.29) is 19.0 Å². The highest BCUT2D eigenvalue weighted by Crippen LogP contribution is 2.16. The van der Waals surface area contributed by atoms with Gasteiger partial charge in [0.1, 0.15) is 0 Å². The first-order valence-electron chi connectivity index (χ1n) is 8.24. The van der Waals surface area contributed by atoms with Crippen molar-refractivity contribution in [1.29, 1.82) is 0 Å². The van der Waals surface area contributed by atoms with Gasteiger partial charge in [-0.2, -0.15) is 0 Å². The van der Waals surface area contributed by atoms with Crippen molar-refractivity contribution in [2.45, 2.75) is 38.6 Å². The van der Waals surface area contributed by atoms with Gasteiger partial charge in [0.15, 0.2) is 0 Å². The number of hydrogen-bond acceptors (Lipinski definition) is 3. The zero-order valence-electron chi connectivity index (χ0n) is 14.2. The Bertz CT molecular complexity index is 478. The molecule has 1 aromatic rings. The van der Waals surface area contributed by atoms with Gasteiger partial charge in [-0.15, -0.1) is 12.4 Å². The smallest absolute Gasteiger partial charge is 0.317 e. The number of rotatable bonds is 6. The molecular formula is C18H29ClN2O2. The number of nitrogens with zero attached hydrogens (tertiary/aromatic N) is 2. The fraction of sp³-hybridized carbons (Fsp3) is 0.611. The number of carboxylic acids is 1. The SMILES string of the molecule is Cc1ccc(CCN2CCCC(N(C)CC(=O)O)CC2)cc1.Cl. The predicted molar refractivity (Wildman–Crippen MR) is 96.5 cm³/mol. The minimum Gasteiger partial charge on any atom is -0.480 e. The van der Waals surface area contributed by atoms with E-state index in [1.54, 1.807) is 0 Å². The molecule has 0 spiro atoms. The van der Waals surface area contributed by atoms with Crippen molar-refractivity contribution < 1.29 is 9.90 Å². The highest BCUT2D eigenvalue weighted by Gasteiger charge is 2.21. The van der Waals surface area contributed by atoms with Crippen molar-refractivity contribution in [3.05, 3.63) is 35.4 Å². The summed E-state index contributed by atoms with van der Waals surface area (Å²) in [4.78, 5) is 15.3. The maximum atomic E-state index is 10.8. The van der Waals surface area contributed by atoms with Gasteiger partial charge in [0.05, 0.1) is 6.54 Å². The van der Waals surface area contributed by atoms with E-state index in [0.717, 1.165) is 45.3 Å². The van der Waals surface area contributed by atoms with Crippen LogP contribution in [0, 0.1) is 6.92 Å². The molecule has 0 amide bonds. The zero-order chi connectivity index (χ0) is 15.9. The first kappa shape index (κ1) is 19.9. The third-order valence-corrected chi connectivity index (χ3v) is 4.64. The number of carboxylic acid groups (broad SMARTS) is 1. The summed E-state index contributed by atoms with van der Waals surface area (Å²) in [7, 11) is 1.93. The minimum absolute atomic E-state index is 0. The van der Waals surface area contributed by atoms with Gasteiger partial charge in [-0.1, -0.05) is 29.8 Å². The van der Waals surface area contributed by atoms with Crippen molar-refractivity contribution >= 4 is 18.4 Å². The van der Waals surface area contributed by atoms with Crippen LogP contribution in [0.1, 0.15) is 30.4 Å². The standard InChI is InChI=1S/C18H28N2O2.ClH/c1-15-5-7-16(8-6-15)9-12-20-11-3-4-17(10-13-20)19(2)14-18(21)22;/h5-8,17H,3-4,9-14H2,1-2H3,(H,21,22);1H. The molecule has 1 fully saturated rings. The Kier molecular flexibility index (Phi) is 8.59. The summed E-state index contributed by atoms with van der Waals surface area (Å²) >= 11 is 0. The van der Waals surface area contributed by atoms with Gasteiger partial charge in [0.2, 0.25) is 0 Å². The van der Waals surface area contributed by atoms with Crippen LogP contribution in [-0.4, -0.2) is 60.1 Å². The summed E-state index contributed by atoms with van der Waals surface area (Å²) in [6.45, 7) is 5.56. The first-order valence-corrected chi connectivity index (χ1v) is 8.24. The second kappa shape index (κ2) is 9.91. The molecule has 1 aliphatic rings. The lowest BCUT2D eigenvalue weighted by molar-refractivity contribution is -0.138. The van der Waals surface area contributed by atoms with Crippen molar-refractivity contribution in [1.82, 2.24) is 9.80 Å². The number of likely N-dealkylation sites (tertiary alicyclic amines) is 1. The van der Waals surface area contributed by atoms with Crippen molar-refractivity contribution in [3.8, 4) is 0 Å². The second-order valence-corrected chi connectivity index (χ2v) is 6.47. The number of benzene rings is 1. The van der Waals surface area contributed by atoms with Crippen LogP contribution in [0.4, 0.5) is 0 Å². The molecule has 1 unspecified atom stereocenters. The first-order chi connectivity index (χ1) is 10.5. The molecule has 1 heterocycles. The van der Waals surface area contributed by atoms with Crippen LogP contribution in [0.25, 0.3) is 0 Å². The third kappa shape index (κ3) is 6.90. The molecule has 0 aromatic heterocycles. The fourth-order valence-corrected chi connectivity index (χ4v) is 3.19. The van der Waals surface area contributed by atoms with E-state index in [2.05, 4.69) is 36.1 Å². The lowest BCUT2D eigenvalue weighted by Gasteiger charge is -2.25. The summed E-state index contributed by atoms with van der Waals surface area (Å²) < 4.78 is 0. The molecule has 2 rings (SSSR count). The Morgan fingerprint density at radius 3 is 2.61 bits per heavy atom. The van der Waals surface area contributed by atoms with Crippen LogP contribution in [0.5, 0.6) is 0 Å². The molecule has 4 nitrogen and oxygen atoms in total. The van der Waals surface area contributed by atoms with Gasteiger partial charge in [0, 0.05) is 12.6 Å². The maximum absolute atomic E-state index is 10.8. The second-order valence-electron chi connectivity index (χ2n) is 6.47. The molecule has 1 aliphatic heterocycles. The van der Waals surface area contributed by atoms with E-state index in [9.17, 15) is 4.79 Å². The Balaban J connectivity index is 0.00000264. The molecule has 1 atom stereocenters. The van der Waals surface area contributed by atoms with Crippen LogP contribution in [-0.2, 0) is 11.2 Å². The van der Waals surface area contributed by atoms with Crippen LogP contribution in [0.3, 0.4) is 0 Å². The highest BCUT2D eigenvalue weighted by molar-refractivity contribution is 5.85. The van der Waals surface area contributed by atoms with Gasteiger partial charge < -0.3 is 10.0 Å². The van der Waals surface area contributed by atoms with Gasteiger partial charge >= 0.3 is 5.97 Å². The minimum atomic E-state index is -0.733. The van der Waals surface area contributed by atoms with Gasteiger partial charge in [-0.25, -0.2) is 0 Å². The van der Waals surface area contributed by atoms with Gasteiger partial charge in [0.25, 0.3) is 0 Å². The number of aliphatic carboxylic acids is 1. The highest BCUT2D eigenvalue weighted by atomic mass is 35.5. The molecule has 1 saturated heterocycles. The van der Waals surface area contributed by atoms with Gasteiger partial charge in [-0.3, -0.25) is 9.69 Å². The summed E-state index contributed by atoms with van der Waals surface area (Å²) in [5.41, 5.74) is 2.71.